The monoisotopic (exact) mass is 282 g/mol. The molecule has 0 heterocycles. The summed E-state index contributed by atoms with van der Waals surface area (Å²) >= 11 is 0. The van der Waals surface area contributed by atoms with Crippen LogP contribution < -0.4 is 5.09 Å². The number of rotatable bonds is 10. The molecule has 0 aliphatic rings. The molecule has 0 aromatic heterocycles. The zero-order valence-corrected chi connectivity index (χ0v) is 12.2. The van der Waals surface area contributed by atoms with Crippen LogP contribution >= 0.6 is 27.9 Å². The second-order valence-corrected chi connectivity index (χ2v) is 9.19. The quantitative estimate of drug-likeness (QED) is 0.165. The van der Waals surface area contributed by atoms with Crippen LogP contribution in [0.3, 0.4) is 0 Å². The molecule has 1 N–H and O–H groups in total. The molecule has 94 valence electrons. The molecule has 0 aliphatic heterocycles. The molecule has 0 aliphatic carbocycles. The van der Waals surface area contributed by atoms with E-state index in [0.717, 1.165) is 18.6 Å². The Bertz CT molecular complexity index is 262. The van der Waals surface area contributed by atoms with E-state index in [4.69, 9.17) is 4.52 Å². The summed E-state index contributed by atoms with van der Waals surface area (Å²) in [6.07, 6.45) is 5.34. The third-order valence-electron chi connectivity index (χ3n) is 1.51. The molecule has 1 atom stereocenters. The Hall–Kier alpha value is 0.1000. The molecule has 0 radical (unpaired) electrons. The number of hydrogen-bond donors (Lipinski definition) is 1. The molecule has 0 aromatic carbocycles. The van der Waals surface area contributed by atoms with Crippen LogP contribution in [0.5, 0.6) is 0 Å². The number of nitrogens with one attached hydrogen (secondary N) is 1. The zero-order valence-electron chi connectivity index (χ0n) is 9.72. The van der Waals surface area contributed by atoms with Gasteiger partial charge in [-0.15, -0.1) is 6.58 Å². The number of hydrogen-bond acceptors (Lipinski definition) is 5. The highest BCUT2D eigenvalue weighted by Gasteiger charge is 2.21. The van der Waals surface area contributed by atoms with Crippen molar-refractivity contribution in [2.75, 3.05) is 19.4 Å². The summed E-state index contributed by atoms with van der Waals surface area (Å²) in [4.78, 5) is 3.94. The third-order valence-corrected chi connectivity index (χ3v) is 8.07. The fourth-order valence-corrected chi connectivity index (χ4v) is 6.01. The van der Waals surface area contributed by atoms with Crippen molar-refractivity contribution in [1.82, 2.24) is 5.09 Å². The SMILES string of the molecule is C=CCN=CNP(=O)(OC)SSCCCC. The predicted molar refractivity (Wildman–Crippen MR) is 76.3 cm³/mol. The lowest BCUT2D eigenvalue weighted by atomic mass is 10.4. The highest BCUT2D eigenvalue weighted by atomic mass is 33.3. The Labute approximate surface area is 105 Å². The number of unbranched alkanes of at least 4 members (excludes halogenated alkanes) is 1. The first-order valence-electron chi connectivity index (χ1n) is 5.02. The van der Waals surface area contributed by atoms with Crippen LogP contribution in [0, 0.1) is 0 Å². The van der Waals surface area contributed by atoms with Gasteiger partial charge < -0.3 is 4.52 Å². The fraction of sp³-hybridized carbons (Fsp3) is 0.667. The van der Waals surface area contributed by atoms with Gasteiger partial charge in [0.2, 0.25) is 0 Å². The maximum absolute atomic E-state index is 12.0. The van der Waals surface area contributed by atoms with Crippen molar-refractivity contribution in [2.24, 2.45) is 4.99 Å². The van der Waals surface area contributed by atoms with Crippen LogP contribution in [-0.4, -0.2) is 25.7 Å². The lowest BCUT2D eigenvalue weighted by Crippen LogP contribution is -2.06. The van der Waals surface area contributed by atoms with Gasteiger partial charge in [0.1, 0.15) is 0 Å². The molecule has 16 heavy (non-hydrogen) atoms. The first-order valence-corrected chi connectivity index (χ1v) is 9.57. The summed E-state index contributed by atoms with van der Waals surface area (Å²) < 4.78 is 17.0. The van der Waals surface area contributed by atoms with Crippen molar-refractivity contribution in [3.05, 3.63) is 12.7 Å². The van der Waals surface area contributed by atoms with E-state index >= 15 is 0 Å². The Morgan fingerprint density at radius 3 is 2.94 bits per heavy atom. The highest BCUT2D eigenvalue weighted by molar-refractivity contribution is 8.99. The van der Waals surface area contributed by atoms with Gasteiger partial charge >= 0.3 is 6.72 Å². The molecule has 7 heteroatoms. The molecule has 0 saturated carbocycles. The van der Waals surface area contributed by atoms with E-state index in [-0.39, 0.29) is 0 Å². The van der Waals surface area contributed by atoms with Gasteiger partial charge in [-0.3, -0.25) is 14.6 Å². The van der Waals surface area contributed by atoms with Crippen molar-refractivity contribution in [3.63, 3.8) is 0 Å². The van der Waals surface area contributed by atoms with E-state index in [9.17, 15) is 4.57 Å². The second-order valence-electron chi connectivity index (χ2n) is 2.84. The second kappa shape index (κ2) is 10.3. The maximum Gasteiger partial charge on any atom is 0.361 e. The van der Waals surface area contributed by atoms with Gasteiger partial charge in [0.15, 0.2) is 0 Å². The van der Waals surface area contributed by atoms with Crippen molar-refractivity contribution < 1.29 is 9.09 Å². The van der Waals surface area contributed by atoms with Crippen LogP contribution in [0.4, 0.5) is 0 Å². The van der Waals surface area contributed by atoms with Crippen LogP contribution in [-0.2, 0) is 9.09 Å². The summed E-state index contributed by atoms with van der Waals surface area (Å²) in [5.41, 5.74) is 0. The van der Waals surface area contributed by atoms with Gasteiger partial charge in [-0.05, 0) is 6.42 Å². The van der Waals surface area contributed by atoms with Gasteiger partial charge in [-0.1, -0.05) is 30.2 Å². The van der Waals surface area contributed by atoms with Gasteiger partial charge in [0.25, 0.3) is 0 Å². The minimum atomic E-state index is -2.83. The summed E-state index contributed by atoms with van der Waals surface area (Å²) in [6.45, 7) is 3.33. The minimum absolute atomic E-state index is 0.504. The zero-order chi connectivity index (χ0) is 12.3. The van der Waals surface area contributed by atoms with Crippen LogP contribution in [0.2, 0.25) is 0 Å². The Balaban J connectivity index is 3.90. The Morgan fingerprint density at radius 1 is 1.62 bits per heavy atom. The lowest BCUT2D eigenvalue weighted by molar-refractivity contribution is 0.406. The minimum Gasteiger partial charge on any atom is -0.309 e. The molecular weight excluding hydrogens is 263 g/mol. The molecule has 4 nitrogen and oxygen atoms in total. The van der Waals surface area contributed by atoms with E-state index in [1.165, 1.54) is 23.9 Å². The summed E-state index contributed by atoms with van der Waals surface area (Å²) in [7, 11) is 4.23. The molecular formula is C9H19N2O2PS2. The molecule has 0 saturated heterocycles. The first-order chi connectivity index (χ1) is 7.68. The summed E-state index contributed by atoms with van der Waals surface area (Å²) in [5.74, 6) is 0.972. The van der Waals surface area contributed by atoms with Crippen molar-refractivity contribution in [2.45, 2.75) is 19.8 Å². The molecule has 0 amide bonds. The van der Waals surface area contributed by atoms with Crippen LogP contribution in [0.1, 0.15) is 19.8 Å². The van der Waals surface area contributed by atoms with Crippen LogP contribution in [0.15, 0.2) is 17.6 Å². The van der Waals surface area contributed by atoms with E-state index in [0.29, 0.717) is 6.54 Å². The van der Waals surface area contributed by atoms with E-state index < -0.39 is 6.72 Å². The number of aliphatic imine (C=N–C) groups is 1. The molecule has 0 spiro atoms. The van der Waals surface area contributed by atoms with E-state index in [2.05, 4.69) is 23.6 Å². The molecule has 0 rings (SSSR count). The Morgan fingerprint density at radius 2 is 2.38 bits per heavy atom. The molecule has 0 bridgehead atoms. The van der Waals surface area contributed by atoms with E-state index in [1.54, 1.807) is 16.9 Å². The fourth-order valence-electron chi connectivity index (χ4n) is 0.653. The average Bonchev–Trinajstić information content (AvgIpc) is 2.31. The predicted octanol–water partition coefficient (Wildman–Crippen LogP) is 3.73. The van der Waals surface area contributed by atoms with Crippen molar-refractivity contribution >= 4 is 34.3 Å². The largest absolute Gasteiger partial charge is 0.361 e. The summed E-state index contributed by atoms with van der Waals surface area (Å²) in [5, 5.41) is 2.69. The molecule has 1 unspecified atom stereocenters. The molecule has 0 aromatic rings. The normalized spacial score (nSPS) is 14.9. The lowest BCUT2D eigenvalue weighted by Gasteiger charge is -2.13. The average molecular weight is 282 g/mol. The first kappa shape index (κ1) is 16.1. The number of nitrogens with zero attached hydrogens (tertiary/aromatic N) is 1. The highest BCUT2D eigenvalue weighted by Crippen LogP contribution is 2.60. The topological polar surface area (TPSA) is 50.7 Å². The van der Waals surface area contributed by atoms with Crippen LogP contribution in [0.25, 0.3) is 0 Å². The summed E-state index contributed by atoms with van der Waals surface area (Å²) in [6, 6.07) is 0. The maximum atomic E-state index is 12.0. The van der Waals surface area contributed by atoms with Crippen molar-refractivity contribution in [1.29, 1.82) is 0 Å². The Kier molecular flexibility index (Phi) is 10.3. The standard InChI is InChI=1S/C9H19N2O2PS2/c1-4-6-8-15-16-14(12,13-3)11-9-10-7-5-2/h5,9H,2,4,6-8H2,1,3H3,(H,10,11,12). The van der Waals surface area contributed by atoms with Gasteiger partial charge in [0.05, 0.1) is 12.9 Å². The van der Waals surface area contributed by atoms with Gasteiger partial charge in [-0.25, -0.2) is 0 Å². The van der Waals surface area contributed by atoms with Gasteiger partial charge in [-0.2, -0.15) is 0 Å². The third kappa shape index (κ3) is 8.28. The van der Waals surface area contributed by atoms with E-state index in [1.807, 2.05) is 0 Å². The van der Waals surface area contributed by atoms with Gasteiger partial charge in [0, 0.05) is 23.3 Å². The molecule has 0 fully saturated rings. The smallest absolute Gasteiger partial charge is 0.309 e. The van der Waals surface area contributed by atoms with Crippen molar-refractivity contribution in [3.8, 4) is 0 Å².